The van der Waals surface area contributed by atoms with Crippen LogP contribution in [0.2, 0.25) is 0 Å². The lowest BCUT2D eigenvalue weighted by Gasteiger charge is -2.21. The van der Waals surface area contributed by atoms with Crippen LogP contribution in [0.4, 0.5) is 0 Å². The fourth-order valence-corrected chi connectivity index (χ4v) is 5.55. The van der Waals surface area contributed by atoms with Gasteiger partial charge in [0.2, 0.25) is 0 Å². The van der Waals surface area contributed by atoms with Crippen molar-refractivity contribution in [3.63, 3.8) is 0 Å². The van der Waals surface area contributed by atoms with Crippen LogP contribution in [0.15, 0.2) is 44.7 Å². The molecule has 0 spiro atoms. The highest BCUT2D eigenvalue weighted by atomic mass is 127. The van der Waals surface area contributed by atoms with Crippen LogP contribution in [-0.4, -0.2) is 34.6 Å². The quantitative estimate of drug-likeness (QED) is 0.179. The number of carbonyl (C=O) groups is 1. The van der Waals surface area contributed by atoms with Crippen LogP contribution in [0.25, 0.3) is 10.9 Å². The van der Waals surface area contributed by atoms with Gasteiger partial charge in [-0.15, -0.1) is 0 Å². The van der Waals surface area contributed by atoms with Gasteiger partial charge in [-0.05, 0) is 94.9 Å². The summed E-state index contributed by atoms with van der Waals surface area (Å²) >= 11 is 7.74. The van der Waals surface area contributed by atoms with Gasteiger partial charge in [0.15, 0.2) is 6.10 Å². The van der Waals surface area contributed by atoms with Crippen LogP contribution in [-0.2, 0) is 14.9 Å². The Bertz CT molecular complexity index is 1310. The summed E-state index contributed by atoms with van der Waals surface area (Å²) in [6.07, 6.45) is 0.905. The van der Waals surface area contributed by atoms with E-state index in [4.69, 9.17) is 14.5 Å². The third-order valence-corrected chi connectivity index (χ3v) is 6.83. The number of nitrogens with zero attached hydrogens (tertiary/aromatic N) is 3. The molecule has 0 unspecified atom stereocenters. The van der Waals surface area contributed by atoms with E-state index in [1.807, 2.05) is 45.0 Å². The number of ether oxygens (including phenoxy) is 2. The topological polar surface area (TPSA) is 82.8 Å². The molecule has 3 rings (SSSR count). The van der Waals surface area contributed by atoms with Crippen molar-refractivity contribution < 1.29 is 14.3 Å². The fraction of sp³-hybridized carbons (Fsp3) is 0.333. The molecule has 0 aliphatic rings. The van der Waals surface area contributed by atoms with Crippen LogP contribution in [0.3, 0.4) is 0 Å². The largest absolute Gasteiger partial charge is 0.477 e. The molecule has 0 fully saturated rings. The van der Waals surface area contributed by atoms with Crippen molar-refractivity contribution in [2.24, 2.45) is 5.10 Å². The van der Waals surface area contributed by atoms with Gasteiger partial charge in [-0.1, -0.05) is 36.7 Å². The average molecular weight is 752 g/mol. The molecule has 0 saturated heterocycles. The first-order valence-corrected chi connectivity index (χ1v) is 13.5. The molecule has 1 heterocycles. The first-order chi connectivity index (χ1) is 15.9. The van der Waals surface area contributed by atoms with E-state index in [9.17, 15) is 9.59 Å². The maximum atomic E-state index is 13.3. The molecule has 1 atom stereocenters. The van der Waals surface area contributed by atoms with Crippen LogP contribution < -0.4 is 10.3 Å². The summed E-state index contributed by atoms with van der Waals surface area (Å²) in [4.78, 5) is 30.0. The zero-order chi connectivity index (χ0) is 25.2. The van der Waals surface area contributed by atoms with E-state index < -0.39 is 17.5 Å². The SMILES string of the molecule is CCOC(=O)[C@H](C)Oc1c(I)cc(C=Nn2c(C(C)(C)C)nc3ccc(Br)cc3c2=O)cc1I. The predicted molar refractivity (Wildman–Crippen MR) is 154 cm³/mol. The normalized spacial score (nSPS) is 12.8. The lowest BCUT2D eigenvalue weighted by molar-refractivity contribution is -0.150. The number of carbonyl (C=O) groups excluding carboxylic acids is 1. The predicted octanol–water partition coefficient (Wildman–Crippen LogP) is 5.88. The van der Waals surface area contributed by atoms with E-state index in [0.29, 0.717) is 29.1 Å². The van der Waals surface area contributed by atoms with Crippen molar-refractivity contribution in [1.82, 2.24) is 9.66 Å². The van der Waals surface area contributed by atoms with Crippen molar-refractivity contribution >= 4 is 84.2 Å². The van der Waals surface area contributed by atoms with E-state index in [0.717, 1.165) is 17.2 Å². The van der Waals surface area contributed by atoms with Gasteiger partial charge in [0.1, 0.15) is 11.6 Å². The van der Waals surface area contributed by atoms with Gasteiger partial charge >= 0.3 is 5.97 Å². The van der Waals surface area contributed by atoms with Crippen LogP contribution in [0.1, 0.15) is 46.0 Å². The summed E-state index contributed by atoms with van der Waals surface area (Å²) in [6.45, 7) is 9.70. The van der Waals surface area contributed by atoms with E-state index in [-0.39, 0.29) is 5.56 Å². The Morgan fingerprint density at radius 1 is 1.24 bits per heavy atom. The Labute approximate surface area is 233 Å². The highest BCUT2D eigenvalue weighted by Crippen LogP contribution is 2.30. The third-order valence-electron chi connectivity index (χ3n) is 4.74. The molecule has 0 saturated carbocycles. The minimum Gasteiger partial charge on any atom is -0.477 e. The summed E-state index contributed by atoms with van der Waals surface area (Å²) in [5, 5.41) is 5.01. The second-order valence-corrected chi connectivity index (χ2v) is 11.8. The van der Waals surface area contributed by atoms with E-state index >= 15 is 0 Å². The summed E-state index contributed by atoms with van der Waals surface area (Å²) in [7, 11) is 0. The first-order valence-electron chi connectivity index (χ1n) is 10.5. The first kappa shape index (κ1) is 27.1. The summed E-state index contributed by atoms with van der Waals surface area (Å²) in [5.41, 5.74) is 0.777. The molecule has 7 nitrogen and oxygen atoms in total. The van der Waals surface area contributed by atoms with Gasteiger partial charge in [0.25, 0.3) is 5.56 Å². The molecule has 2 aromatic carbocycles. The standard InChI is InChI=1S/C24H24BrI2N3O4/c1-6-33-22(32)13(2)34-20-17(26)9-14(10-18(20)27)12-28-30-21(31)16-11-15(25)7-8-19(16)29-23(30)24(3,4)5/h7-13H,6H2,1-5H3/t13-/m0/s1. The maximum absolute atomic E-state index is 13.3. The molecular formula is C24H24BrI2N3O4. The highest BCUT2D eigenvalue weighted by molar-refractivity contribution is 14.1. The Balaban J connectivity index is 2.02. The molecule has 1 aromatic heterocycles. The zero-order valence-corrected chi connectivity index (χ0v) is 25.3. The van der Waals surface area contributed by atoms with E-state index in [2.05, 4.69) is 66.2 Å². The van der Waals surface area contributed by atoms with E-state index in [1.165, 1.54) is 4.68 Å². The Hall–Kier alpha value is -1.54. The van der Waals surface area contributed by atoms with Gasteiger partial charge in [-0.25, -0.2) is 9.78 Å². The van der Waals surface area contributed by atoms with E-state index in [1.54, 1.807) is 26.1 Å². The molecule has 0 aliphatic carbocycles. The summed E-state index contributed by atoms with van der Waals surface area (Å²) in [6, 6.07) is 9.21. The van der Waals surface area contributed by atoms with Gasteiger partial charge in [0.05, 0.1) is 30.9 Å². The average Bonchev–Trinajstić information content (AvgIpc) is 2.75. The zero-order valence-electron chi connectivity index (χ0n) is 19.4. The molecule has 180 valence electrons. The summed E-state index contributed by atoms with van der Waals surface area (Å²) in [5.74, 6) is 0.754. The smallest absolute Gasteiger partial charge is 0.347 e. The fourth-order valence-electron chi connectivity index (χ4n) is 3.12. The minimum absolute atomic E-state index is 0.236. The van der Waals surface area contributed by atoms with Crippen LogP contribution in [0, 0.1) is 7.14 Å². The number of rotatable bonds is 6. The van der Waals surface area contributed by atoms with Crippen molar-refractivity contribution in [3.8, 4) is 5.75 Å². The van der Waals surface area contributed by atoms with Gasteiger partial charge < -0.3 is 9.47 Å². The van der Waals surface area contributed by atoms with Gasteiger partial charge in [-0.2, -0.15) is 9.78 Å². The number of fused-ring (bicyclic) bond motifs is 1. The van der Waals surface area contributed by atoms with Gasteiger partial charge in [0, 0.05) is 9.89 Å². The number of esters is 1. The number of aromatic nitrogens is 2. The number of benzene rings is 2. The molecule has 0 amide bonds. The molecule has 10 heteroatoms. The number of hydrogen-bond donors (Lipinski definition) is 0. The van der Waals surface area contributed by atoms with Gasteiger partial charge in [-0.3, -0.25) is 4.79 Å². The Morgan fingerprint density at radius 3 is 2.47 bits per heavy atom. The Kier molecular flexibility index (Phi) is 8.77. The lowest BCUT2D eigenvalue weighted by atomic mass is 9.95. The van der Waals surface area contributed by atoms with Crippen LogP contribution in [0.5, 0.6) is 5.75 Å². The van der Waals surface area contributed by atoms with Crippen molar-refractivity contribution in [2.75, 3.05) is 6.61 Å². The molecule has 0 aliphatic heterocycles. The number of hydrogen-bond acceptors (Lipinski definition) is 6. The molecule has 0 radical (unpaired) electrons. The number of halogens is 3. The molecule has 3 aromatic rings. The second-order valence-electron chi connectivity index (χ2n) is 8.53. The molecule has 0 bridgehead atoms. The Morgan fingerprint density at radius 2 is 1.88 bits per heavy atom. The summed E-state index contributed by atoms with van der Waals surface area (Å²) < 4.78 is 14.7. The minimum atomic E-state index is -0.725. The van der Waals surface area contributed by atoms with Crippen molar-refractivity contribution in [3.05, 3.63) is 63.7 Å². The van der Waals surface area contributed by atoms with Crippen LogP contribution >= 0.6 is 61.1 Å². The molecular weight excluding hydrogens is 728 g/mol. The third kappa shape index (κ3) is 6.17. The van der Waals surface area contributed by atoms with Crippen molar-refractivity contribution in [2.45, 2.75) is 46.1 Å². The maximum Gasteiger partial charge on any atom is 0.347 e. The van der Waals surface area contributed by atoms with Crippen molar-refractivity contribution in [1.29, 1.82) is 0 Å². The lowest BCUT2D eigenvalue weighted by Crippen LogP contribution is -2.29. The second kappa shape index (κ2) is 11.0. The monoisotopic (exact) mass is 751 g/mol. The molecule has 0 N–H and O–H groups in total. The highest BCUT2D eigenvalue weighted by Gasteiger charge is 2.23. The molecule has 34 heavy (non-hydrogen) atoms.